The molecular formula is C20H19N5O. The van der Waals surface area contributed by atoms with Gasteiger partial charge in [-0.1, -0.05) is 0 Å². The highest BCUT2D eigenvalue weighted by atomic mass is 16.1. The first-order valence-electron chi connectivity index (χ1n) is 8.83. The predicted octanol–water partition coefficient (Wildman–Crippen LogP) is 3.10. The van der Waals surface area contributed by atoms with E-state index in [2.05, 4.69) is 26.3 Å². The Hall–Kier alpha value is -3.15. The minimum Gasteiger partial charge on any atom is -0.366 e. The van der Waals surface area contributed by atoms with Crippen LogP contribution in [0.4, 0.5) is 0 Å². The van der Waals surface area contributed by atoms with Crippen LogP contribution in [0.2, 0.25) is 0 Å². The molecule has 1 aliphatic rings. The van der Waals surface area contributed by atoms with E-state index in [0.29, 0.717) is 5.56 Å². The van der Waals surface area contributed by atoms with Gasteiger partial charge in [-0.15, -0.1) is 0 Å². The van der Waals surface area contributed by atoms with Crippen LogP contribution in [0, 0.1) is 5.92 Å². The fourth-order valence-corrected chi connectivity index (χ4v) is 3.60. The normalized spacial score (nSPS) is 14.3. The van der Waals surface area contributed by atoms with Gasteiger partial charge < -0.3 is 14.9 Å². The van der Waals surface area contributed by atoms with E-state index in [1.54, 1.807) is 12.1 Å². The molecule has 0 bridgehead atoms. The van der Waals surface area contributed by atoms with Crippen molar-refractivity contribution in [1.82, 2.24) is 19.1 Å². The number of aryl methyl sites for hydroxylation is 1. The van der Waals surface area contributed by atoms with Crippen molar-refractivity contribution < 1.29 is 4.79 Å². The number of aromatic nitrogens is 4. The first-order valence-corrected chi connectivity index (χ1v) is 8.83. The molecule has 0 atom stereocenters. The topological polar surface area (TPSA) is 78.7 Å². The van der Waals surface area contributed by atoms with Gasteiger partial charge >= 0.3 is 0 Å². The molecule has 1 saturated carbocycles. The second-order valence-corrected chi connectivity index (χ2v) is 7.06. The van der Waals surface area contributed by atoms with Gasteiger partial charge in [0, 0.05) is 30.7 Å². The first-order chi connectivity index (χ1) is 12.6. The van der Waals surface area contributed by atoms with Gasteiger partial charge in [0.15, 0.2) is 5.82 Å². The Kier molecular flexibility index (Phi) is 3.16. The Labute approximate surface area is 150 Å². The van der Waals surface area contributed by atoms with Crippen molar-refractivity contribution in [3.8, 4) is 11.5 Å². The van der Waals surface area contributed by atoms with Gasteiger partial charge in [-0.25, -0.2) is 9.97 Å². The summed E-state index contributed by atoms with van der Waals surface area (Å²) in [5.74, 6) is 1.16. The smallest absolute Gasteiger partial charge is 0.248 e. The Morgan fingerprint density at radius 1 is 1.27 bits per heavy atom. The molecule has 1 aliphatic carbocycles. The molecular weight excluding hydrogens is 326 g/mol. The summed E-state index contributed by atoms with van der Waals surface area (Å²) >= 11 is 0. The fraction of sp³-hybridized carbons (Fsp3) is 0.250. The minimum absolute atomic E-state index is 0.439. The molecule has 0 saturated heterocycles. The molecule has 26 heavy (non-hydrogen) atoms. The Morgan fingerprint density at radius 3 is 2.88 bits per heavy atom. The number of carbonyl (C=O) groups excluding carboxylic acids is 1. The van der Waals surface area contributed by atoms with E-state index in [1.165, 1.54) is 12.8 Å². The van der Waals surface area contributed by atoms with E-state index in [9.17, 15) is 4.79 Å². The van der Waals surface area contributed by atoms with Crippen LogP contribution in [0.5, 0.6) is 0 Å². The number of rotatable bonds is 4. The van der Waals surface area contributed by atoms with Gasteiger partial charge in [-0.05, 0) is 55.2 Å². The molecule has 3 heterocycles. The highest BCUT2D eigenvalue weighted by Crippen LogP contribution is 2.35. The van der Waals surface area contributed by atoms with Crippen LogP contribution in [0.15, 0.2) is 42.6 Å². The highest BCUT2D eigenvalue weighted by Gasteiger charge is 2.25. The lowest BCUT2D eigenvalue weighted by atomic mass is 10.2. The summed E-state index contributed by atoms with van der Waals surface area (Å²) in [6, 6.07) is 11.6. The number of imidazole rings is 1. The number of pyridine rings is 1. The van der Waals surface area contributed by atoms with Gasteiger partial charge in [0.1, 0.15) is 5.65 Å². The summed E-state index contributed by atoms with van der Waals surface area (Å²) in [5, 5.41) is 1.12. The Balaban J connectivity index is 1.74. The van der Waals surface area contributed by atoms with Gasteiger partial charge in [0.25, 0.3) is 0 Å². The molecule has 5 rings (SSSR count). The van der Waals surface area contributed by atoms with Crippen LogP contribution in [0.25, 0.3) is 33.6 Å². The summed E-state index contributed by atoms with van der Waals surface area (Å²) < 4.78 is 4.35. The summed E-state index contributed by atoms with van der Waals surface area (Å²) in [6.45, 7) is 0.964. The van der Waals surface area contributed by atoms with E-state index >= 15 is 0 Å². The summed E-state index contributed by atoms with van der Waals surface area (Å²) in [5.41, 5.74) is 9.69. The maximum Gasteiger partial charge on any atom is 0.248 e. The highest BCUT2D eigenvalue weighted by molar-refractivity contribution is 5.97. The number of benzene rings is 1. The van der Waals surface area contributed by atoms with Crippen molar-refractivity contribution in [1.29, 1.82) is 0 Å². The van der Waals surface area contributed by atoms with Crippen molar-refractivity contribution in [3.63, 3.8) is 0 Å². The van der Waals surface area contributed by atoms with Gasteiger partial charge in [0.05, 0.1) is 16.7 Å². The van der Waals surface area contributed by atoms with Crippen LogP contribution < -0.4 is 5.73 Å². The van der Waals surface area contributed by atoms with Crippen molar-refractivity contribution in [2.45, 2.75) is 19.4 Å². The third-order valence-corrected chi connectivity index (χ3v) is 5.19. The average Bonchev–Trinajstić information content (AvgIpc) is 3.31. The van der Waals surface area contributed by atoms with Crippen LogP contribution in [0.1, 0.15) is 23.2 Å². The van der Waals surface area contributed by atoms with Gasteiger partial charge in [0.2, 0.25) is 5.91 Å². The van der Waals surface area contributed by atoms with Crippen molar-refractivity contribution in [2.24, 2.45) is 18.7 Å². The van der Waals surface area contributed by atoms with Gasteiger partial charge in [-0.3, -0.25) is 4.79 Å². The molecule has 1 fully saturated rings. The molecule has 6 nitrogen and oxygen atoms in total. The number of nitrogens with two attached hydrogens (primary N) is 1. The number of carbonyl (C=O) groups is 1. The Bertz CT molecular complexity index is 1170. The number of fused-ring (bicyclic) bond motifs is 2. The zero-order chi connectivity index (χ0) is 17.8. The minimum atomic E-state index is -0.439. The van der Waals surface area contributed by atoms with E-state index in [-0.39, 0.29) is 0 Å². The van der Waals surface area contributed by atoms with E-state index in [4.69, 9.17) is 10.7 Å². The first kappa shape index (κ1) is 15.1. The lowest BCUT2D eigenvalue weighted by Crippen LogP contribution is -2.10. The van der Waals surface area contributed by atoms with Crippen LogP contribution in [-0.4, -0.2) is 25.0 Å². The number of hydrogen-bond acceptors (Lipinski definition) is 3. The zero-order valence-corrected chi connectivity index (χ0v) is 14.5. The molecule has 0 radical (unpaired) electrons. The van der Waals surface area contributed by atoms with Crippen LogP contribution in [-0.2, 0) is 13.6 Å². The summed E-state index contributed by atoms with van der Waals surface area (Å²) in [7, 11) is 2.00. The lowest BCUT2D eigenvalue weighted by molar-refractivity contribution is 0.100. The van der Waals surface area contributed by atoms with E-state index in [0.717, 1.165) is 46.0 Å². The van der Waals surface area contributed by atoms with Crippen molar-refractivity contribution >= 4 is 28.0 Å². The molecule has 0 aliphatic heterocycles. The third kappa shape index (κ3) is 2.29. The van der Waals surface area contributed by atoms with Crippen molar-refractivity contribution in [3.05, 3.63) is 48.2 Å². The maximum atomic E-state index is 11.5. The molecule has 2 N–H and O–H groups in total. The Morgan fingerprint density at radius 2 is 2.12 bits per heavy atom. The molecule has 0 unspecified atom stereocenters. The monoisotopic (exact) mass is 345 g/mol. The summed E-state index contributed by atoms with van der Waals surface area (Å²) in [4.78, 5) is 20.9. The van der Waals surface area contributed by atoms with Crippen LogP contribution >= 0.6 is 0 Å². The number of hydrogen-bond donors (Lipinski definition) is 1. The number of nitrogens with zero attached hydrogens (tertiary/aromatic N) is 4. The number of primary amides is 1. The largest absolute Gasteiger partial charge is 0.366 e. The van der Waals surface area contributed by atoms with E-state index < -0.39 is 5.91 Å². The number of amides is 1. The second-order valence-electron chi connectivity index (χ2n) is 7.06. The molecule has 1 amide bonds. The summed E-state index contributed by atoms with van der Waals surface area (Å²) in [6.07, 6.45) is 4.39. The second kappa shape index (κ2) is 5.42. The van der Waals surface area contributed by atoms with E-state index in [1.807, 2.05) is 25.4 Å². The predicted molar refractivity (Wildman–Crippen MR) is 101 cm³/mol. The molecule has 1 aromatic carbocycles. The van der Waals surface area contributed by atoms with Crippen molar-refractivity contribution in [2.75, 3.05) is 0 Å². The zero-order valence-electron chi connectivity index (χ0n) is 14.5. The maximum absolute atomic E-state index is 11.5. The fourth-order valence-electron chi connectivity index (χ4n) is 3.60. The molecule has 130 valence electrons. The lowest BCUT2D eigenvalue weighted by Gasteiger charge is -2.09. The van der Waals surface area contributed by atoms with Gasteiger partial charge in [-0.2, -0.15) is 0 Å². The standard InChI is InChI=1S/C20H19N5O/c1-24-16-7-6-13(18(21)26)9-15(16)23-20(24)17-10-14-3-2-8-22-19(14)25(17)11-12-4-5-12/h2-3,6-10,12H,4-5,11H2,1H3,(H2,21,26). The molecule has 0 spiro atoms. The SMILES string of the molecule is Cn1c(-c2cc3cccnc3n2CC2CC2)nc2cc(C(N)=O)ccc21. The molecule has 6 heteroatoms. The quantitative estimate of drug-likeness (QED) is 0.617. The average molecular weight is 345 g/mol. The molecule has 3 aromatic heterocycles. The third-order valence-electron chi connectivity index (χ3n) is 5.19. The molecule has 4 aromatic rings. The van der Waals surface area contributed by atoms with Crippen LogP contribution in [0.3, 0.4) is 0 Å².